The van der Waals surface area contributed by atoms with Gasteiger partial charge in [0.2, 0.25) is 5.89 Å². The van der Waals surface area contributed by atoms with Crippen LogP contribution in [0.1, 0.15) is 64.7 Å². The van der Waals surface area contributed by atoms with Crippen LogP contribution >= 0.6 is 24.0 Å². The van der Waals surface area contributed by atoms with Gasteiger partial charge < -0.3 is 15.1 Å². The van der Waals surface area contributed by atoms with Gasteiger partial charge in [0.25, 0.3) is 0 Å². The molecule has 1 unspecified atom stereocenters. The van der Waals surface area contributed by atoms with Crippen LogP contribution in [-0.4, -0.2) is 29.0 Å². The normalized spacial score (nSPS) is 13.2. The summed E-state index contributed by atoms with van der Waals surface area (Å²) in [6, 6.07) is 4.11. The summed E-state index contributed by atoms with van der Waals surface area (Å²) >= 11 is 0. The Hall–Kier alpha value is -1.64. The highest BCUT2D eigenvalue weighted by Crippen LogP contribution is 2.23. The number of guanidine groups is 1. The van der Waals surface area contributed by atoms with E-state index < -0.39 is 0 Å². The predicted octanol–water partition coefficient (Wildman–Crippen LogP) is 4.48. The molecule has 2 aromatic rings. The Morgan fingerprint density at radius 2 is 1.96 bits per heavy atom. The first kappa shape index (κ1) is 24.4. The van der Waals surface area contributed by atoms with Crippen molar-refractivity contribution >= 4 is 29.9 Å². The highest BCUT2D eigenvalue weighted by atomic mass is 127. The summed E-state index contributed by atoms with van der Waals surface area (Å²) in [4.78, 5) is 13.2. The van der Waals surface area contributed by atoms with Crippen LogP contribution in [0.2, 0.25) is 0 Å². The van der Waals surface area contributed by atoms with E-state index in [1.54, 1.807) is 6.20 Å². The molecule has 0 fully saturated rings. The van der Waals surface area contributed by atoms with E-state index in [0.717, 1.165) is 24.8 Å². The summed E-state index contributed by atoms with van der Waals surface area (Å²) in [5.74, 6) is 3.12. The van der Waals surface area contributed by atoms with Crippen molar-refractivity contribution in [3.05, 3.63) is 47.9 Å². The van der Waals surface area contributed by atoms with E-state index in [2.05, 4.69) is 73.2 Å². The summed E-state index contributed by atoms with van der Waals surface area (Å²) in [5.41, 5.74) is 1.18. The van der Waals surface area contributed by atoms with Gasteiger partial charge in [0.15, 0.2) is 5.96 Å². The molecule has 0 saturated heterocycles. The second-order valence-electron chi connectivity index (χ2n) is 8.08. The molecule has 0 aromatic carbocycles. The number of aromatic nitrogens is 2. The van der Waals surface area contributed by atoms with Crippen molar-refractivity contribution in [1.29, 1.82) is 0 Å². The maximum Gasteiger partial charge on any atom is 0.216 e. The molecular weight excluding hydrogens is 465 g/mol. The van der Waals surface area contributed by atoms with Crippen molar-refractivity contribution in [1.82, 2.24) is 20.6 Å². The van der Waals surface area contributed by atoms with Gasteiger partial charge in [-0.3, -0.25) is 4.98 Å². The fourth-order valence-corrected chi connectivity index (χ4v) is 2.76. The molecular formula is C21H34IN5O. The Morgan fingerprint density at radius 3 is 2.50 bits per heavy atom. The smallest absolute Gasteiger partial charge is 0.216 e. The molecule has 156 valence electrons. The second-order valence-corrected chi connectivity index (χ2v) is 8.08. The SMILES string of the molecule is CCNC(=NCc1ncc(C(C)(C)C)o1)NCC(c1cccnc1)C(C)C.I. The number of hydrogen-bond donors (Lipinski definition) is 2. The zero-order chi connectivity index (χ0) is 19.9. The standard InChI is InChI=1S/C21H33N5O.HI/c1-7-23-20(26-14-19-24-13-18(27-19)21(4,5)6)25-12-17(15(2)3)16-9-8-10-22-11-16;/h8-11,13,15,17H,7,12,14H2,1-6H3,(H2,23,25,26);1H. The summed E-state index contributed by atoms with van der Waals surface area (Å²) in [5, 5.41) is 6.74. The molecule has 0 amide bonds. The van der Waals surface area contributed by atoms with Crippen LogP contribution in [0.4, 0.5) is 0 Å². The number of halogens is 1. The molecule has 2 heterocycles. The van der Waals surface area contributed by atoms with Crippen LogP contribution in [0.15, 0.2) is 40.1 Å². The second kappa shape index (κ2) is 11.4. The van der Waals surface area contributed by atoms with E-state index in [-0.39, 0.29) is 29.4 Å². The third-order valence-corrected chi connectivity index (χ3v) is 4.42. The quantitative estimate of drug-likeness (QED) is 0.334. The van der Waals surface area contributed by atoms with Crippen LogP contribution in [0.5, 0.6) is 0 Å². The maximum absolute atomic E-state index is 5.83. The molecule has 0 aliphatic rings. The van der Waals surface area contributed by atoms with Crippen molar-refractivity contribution in [2.24, 2.45) is 10.9 Å². The Morgan fingerprint density at radius 1 is 1.21 bits per heavy atom. The number of oxazole rings is 1. The summed E-state index contributed by atoms with van der Waals surface area (Å²) in [6.07, 6.45) is 5.54. The lowest BCUT2D eigenvalue weighted by molar-refractivity contribution is 0.383. The van der Waals surface area contributed by atoms with Gasteiger partial charge in [0.05, 0.1) is 6.20 Å². The van der Waals surface area contributed by atoms with E-state index in [9.17, 15) is 0 Å². The van der Waals surface area contributed by atoms with Gasteiger partial charge in [0.1, 0.15) is 12.3 Å². The fraction of sp³-hybridized carbons (Fsp3) is 0.571. The largest absolute Gasteiger partial charge is 0.443 e. The number of nitrogens with one attached hydrogen (secondary N) is 2. The van der Waals surface area contributed by atoms with Crippen LogP contribution in [-0.2, 0) is 12.0 Å². The van der Waals surface area contributed by atoms with E-state index in [1.807, 2.05) is 18.5 Å². The molecule has 0 radical (unpaired) electrons. The lowest BCUT2D eigenvalue weighted by Gasteiger charge is -2.22. The van der Waals surface area contributed by atoms with E-state index in [4.69, 9.17) is 4.42 Å². The minimum atomic E-state index is -0.0497. The molecule has 0 spiro atoms. The highest BCUT2D eigenvalue weighted by molar-refractivity contribution is 14.0. The van der Waals surface area contributed by atoms with Crippen molar-refractivity contribution in [2.75, 3.05) is 13.1 Å². The first-order valence-electron chi connectivity index (χ1n) is 9.68. The number of pyridine rings is 1. The van der Waals surface area contributed by atoms with Gasteiger partial charge in [0, 0.05) is 36.8 Å². The molecule has 6 nitrogen and oxygen atoms in total. The van der Waals surface area contributed by atoms with Gasteiger partial charge in [-0.15, -0.1) is 24.0 Å². The minimum Gasteiger partial charge on any atom is -0.443 e. The number of hydrogen-bond acceptors (Lipinski definition) is 4. The molecule has 0 aliphatic carbocycles. The van der Waals surface area contributed by atoms with Gasteiger partial charge in [-0.1, -0.05) is 40.7 Å². The summed E-state index contributed by atoms with van der Waals surface area (Å²) in [6.45, 7) is 14.8. The third kappa shape index (κ3) is 7.41. The predicted molar refractivity (Wildman–Crippen MR) is 125 cm³/mol. The zero-order valence-corrected chi connectivity index (χ0v) is 20.2. The number of nitrogens with zero attached hydrogens (tertiary/aromatic N) is 3. The van der Waals surface area contributed by atoms with Crippen molar-refractivity contribution in [2.45, 2.75) is 59.4 Å². The monoisotopic (exact) mass is 499 g/mol. The van der Waals surface area contributed by atoms with Gasteiger partial charge in [-0.05, 0) is 24.5 Å². The van der Waals surface area contributed by atoms with Gasteiger partial charge >= 0.3 is 0 Å². The third-order valence-electron chi connectivity index (χ3n) is 4.42. The average Bonchev–Trinajstić information content (AvgIpc) is 3.10. The molecule has 0 aliphatic heterocycles. The van der Waals surface area contributed by atoms with Crippen molar-refractivity contribution in [3.63, 3.8) is 0 Å². The van der Waals surface area contributed by atoms with Gasteiger partial charge in [-0.25, -0.2) is 9.98 Å². The Bertz CT molecular complexity index is 722. The van der Waals surface area contributed by atoms with Crippen LogP contribution in [0.3, 0.4) is 0 Å². The van der Waals surface area contributed by atoms with Crippen LogP contribution in [0.25, 0.3) is 0 Å². The average molecular weight is 499 g/mol. The lowest BCUT2D eigenvalue weighted by Crippen LogP contribution is -2.40. The Balaban J connectivity index is 0.00000392. The molecule has 2 rings (SSSR count). The zero-order valence-electron chi connectivity index (χ0n) is 17.8. The molecule has 1 atom stereocenters. The highest BCUT2D eigenvalue weighted by Gasteiger charge is 2.19. The summed E-state index contributed by atoms with van der Waals surface area (Å²) in [7, 11) is 0. The lowest BCUT2D eigenvalue weighted by atomic mass is 9.89. The summed E-state index contributed by atoms with van der Waals surface area (Å²) < 4.78 is 5.83. The number of aliphatic imine (C=N–C) groups is 1. The first-order valence-corrected chi connectivity index (χ1v) is 9.68. The molecule has 28 heavy (non-hydrogen) atoms. The van der Waals surface area contributed by atoms with Crippen LogP contribution < -0.4 is 10.6 Å². The first-order chi connectivity index (χ1) is 12.8. The number of rotatable bonds is 7. The fourth-order valence-electron chi connectivity index (χ4n) is 2.76. The molecule has 0 saturated carbocycles. The van der Waals surface area contributed by atoms with E-state index in [1.165, 1.54) is 5.56 Å². The maximum atomic E-state index is 5.83. The Kier molecular flexibility index (Phi) is 9.92. The molecule has 0 bridgehead atoms. The van der Waals surface area contributed by atoms with E-state index in [0.29, 0.717) is 24.3 Å². The topological polar surface area (TPSA) is 75.3 Å². The van der Waals surface area contributed by atoms with Gasteiger partial charge in [-0.2, -0.15) is 0 Å². The Labute approximate surface area is 186 Å². The molecule has 2 N–H and O–H groups in total. The molecule has 7 heteroatoms. The van der Waals surface area contributed by atoms with Crippen molar-refractivity contribution in [3.8, 4) is 0 Å². The van der Waals surface area contributed by atoms with Crippen LogP contribution in [0, 0.1) is 5.92 Å². The molecule has 2 aromatic heterocycles. The van der Waals surface area contributed by atoms with Crippen molar-refractivity contribution < 1.29 is 4.42 Å². The minimum absolute atomic E-state index is 0. The van der Waals surface area contributed by atoms with E-state index >= 15 is 0 Å².